The maximum Gasteiger partial charge on any atom is 0.232 e. The van der Waals surface area contributed by atoms with E-state index >= 15 is 0 Å². The van der Waals surface area contributed by atoms with Gasteiger partial charge in [-0.05, 0) is 19.1 Å². The minimum atomic E-state index is -0.141. The number of pyridine rings is 1. The summed E-state index contributed by atoms with van der Waals surface area (Å²) in [6.45, 7) is 3.83. The van der Waals surface area contributed by atoms with E-state index in [4.69, 9.17) is 16.3 Å². The Hall–Kier alpha value is -1.33. The van der Waals surface area contributed by atoms with Crippen LogP contribution in [0, 0.1) is 5.92 Å². The SMILES string of the molecule is CCN1c2nc(Cl)ccc2NC(=O)C2COCC21. The molecule has 96 valence electrons. The number of carbonyl (C=O) groups excluding carboxylic acids is 1. The standard InChI is InChI=1S/C12H14ClN3O2/c1-2-16-9-6-18-5-7(9)12(17)14-8-3-4-10(13)15-11(8)16/h3-4,7,9H,2,5-6H2,1H3,(H,14,17). The summed E-state index contributed by atoms with van der Waals surface area (Å²) < 4.78 is 5.43. The number of anilines is 2. The van der Waals surface area contributed by atoms with Crippen LogP contribution >= 0.6 is 11.6 Å². The van der Waals surface area contributed by atoms with Crippen LogP contribution in [-0.4, -0.2) is 36.7 Å². The average molecular weight is 268 g/mol. The number of rotatable bonds is 1. The summed E-state index contributed by atoms with van der Waals surface area (Å²) >= 11 is 5.95. The summed E-state index contributed by atoms with van der Waals surface area (Å²) in [7, 11) is 0. The van der Waals surface area contributed by atoms with E-state index in [1.807, 2.05) is 6.92 Å². The Morgan fingerprint density at radius 1 is 1.56 bits per heavy atom. The minimum Gasteiger partial charge on any atom is -0.378 e. The third kappa shape index (κ3) is 1.74. The van der Waals surface area contributed by atoms with Gasteiger partial charge in [0.25, 0.3) is 0 Å². The number of fused-ring (bicyclic) bond motifs is 2. The first-order valence-corrected chi connectivity index (χ1v) is 6.40. The highest BCUT2D eigenvalue weighted by molar-refractivity contribution is 6.29. The molecule has 0 radical (unpaired) electrons. The second-order valence-electron chi connectivity index (χ2n) is 4.49. The first-order chi connectivity index (χ1) is 8.70. The maximum atomic E-state index is 12.1. The molecule has 0 saturated carbocycles. The lowest BCUT2D eigenvalue weighted by molar-refractivity contribution is -0.120. The molecule has 2 aliphatic heterocycles. The highest BCUT2D eigenvalue weighted by Crippen LogP contribution is 2.34. The molecule has 1 saturated heterocycles. The zero-order chi connectivity index (χ0) is 12.7. The number of likely N-dealkylation sites (N-methyl/N-ethyl adjacent to an activating group) is 1. The van der Waals surface area contributed by atoms with Gasteiger partial charge in [0, 0.05) is 6.54 Å². The quantitative estimate of drug-likeness (QED) is 0.784. The van der Waals surface area contributed by atoms with Crippen molar-refractivity contribution >= 4 is 29.0 Å². The summed E-state index contributed by atoms with van der Waals surface area (Å²) in [5.41, 5.74) is 0.723. The van der Waals surface area contributed by atoms with E-state index in [2.05, 4.69) is 15.2 Å². The molecular formula is C12H14ClN3O2. The Morgan fingerprint density at radius 2 is 2.39 bits per heavy atom. The van der Waals surface area contributed by atoms with Gasteiger partial charge in [-0.15, -0.1) is 0 Å². The molecule has 1 amide bonds. The third-order valence-corrected chi connectivity index (χ3v) is 3.71. The zero-order valence-corrected chi connectivity index (χ0v) is 10.8. The number of amides is 1. The van der Waals surface area contributed by atoms with Gasteiger partial charge in [-0.2, -0.15) is 0 Å². The smallest absolute Gasteiger partial charge is 0.232 e. The van der Waals surface area contributed by atoms with Crippen LogP contribution in [0.1, 0.15) is 6.92 Å². The van der Waals surface area contributed by atoms with E-state index in [9.17, 15) is 4.79 Å². The zero-order valence-electron chi connectivity index (χ0n) is 10.0. The second-order valence-corrected chi connectivity index (χ2v) is 4.88. The average Bonchev–Trinajstić information content (AvgIpc) is 2.79. The van der Waals surface area contributed by atoms with Crippen LogP contribution in [0.2, 0.25) is 5.15 Å². The van der Waals surface area contributed by atoms with Crippen LogP contribution in [0.15, 0.2) is 12.1 Å². The Bertz CT molecular complexity index is 494. The van der Waals surface area contributed by atoms with Crippen LogP contribution in [0.5, 0.6) is 0 Å². The Balaban J connectivity index is 2.10. The van der Waals surface area contributed by atoms with Crippen LogP contribution in [0.25, 0.3) is 0 Å². The van der Waals surface area contributed by atoms with Gasteiger partial charge in [-0.3, -0.25) is 4.79 Å². The van der Waals surface area contributed by atoms with Crippen LogP contribution in [-0.2, 0) is 9.53 Å². The van der Waals surface area contributed by atoms with Crippen molar-refractivity contribution in [2.45, 2.75) is 13.0 Å². The highest BCUT2D eigenvalue weighted by atomic mass is 35.5. The number of ether oxygens (including phenoxy) is 1. The number of carbonyl (C=O) groups is 1. The summed E-state index contributed by atoms with van der Waals surface area (Å²) in [5, 5.41) is 3.33. The van der Waals surface area contributed by atoms with Crippen molar-refractivity contribution in [1.29, 1.82) is 0 Å². The van der Waals surface area contributed by atoms with Gasteiger partial charge < -0.3 is 15.0 Å². The van der Waals surface area contributed by atoms with E-state index in [1.165, 1.54) is 0 Å². The lowest BCUT2D eigenvalue weighted by Gasteiger charge is -2.29. The summed E-state index contributed by atoms with van der Waals surface area (Å²) in [4.78, 5) is 18.6. The topological polar surface area (TPSA) is 54.5 Å². The van der Waals surface area contributed by atoms with Gasteiger partial charge in [0.15, 0.2) is 5.82 Å². The predicted octanol–water partition coefficient (Wildman–Crippen LogP) is 1.53. The van der Waals surface area contributed by atoms with E-state index < -0.39 is 0 Å². The Morgan fingerprint density at radius 3 is 3.17 bits per heavy atom. The van der Waals surface area contributed by atoms with Crippen LogP contribution < -0.4 is 10.2 Å². The molecule has 1 N–H and O–H groups in total. The van der Waals surface area contributed by atoms with E-state index in [0.29, 0.717) is 18.4 Å². The van der Waals surface area contributed by atoms with Gasteiger partial charge in [-0.1, -0.05) is 11.6 Å². The van der Waals surface area contributed by atoms with Gasteiger partial charge in [0.05, 0.1) is 30.9 Å². The fourth-order valence-electron chi connectivity index (χ4n) is 2.61. The monoisotopic (exact) mass is 267 g/mol. The molecule has 18 heavy (non-hydrogen) atoms. The molecule has 1 aromatic heterocycles. The van der Waals surface area contributed by atoms with Crippen molar-refractivity contribution in [3.05, 3.63) is 17.3 Å². The number of hydrogen-bond acceptors (Lipinski definition) is 4. The molecule has 0 bridgehead atoms. The molecule has 2 aliphatic rings. The van der Waals surface area contributed by atoms with E-state index in [-0.39, 0.29) is 17.9 Å². The van der Waals surface area contributed by atoms with Crippen molar-refractivity contribution in [1.82, 2.24) is 4.98 Å². The molecule has 1 aromatic rings. The number of aromatic nitrogens is 1. The largest absolute Gasteiger partial charge is 0.378 e. The third-order valence-electron chi connectivity index (χ3n) is 3.50. The number of nitrogens with zero attached hydrogens (tertiary/aromatic N) is 2. The molecule has 2 atom stereocenters. The molecule has 3 rings (SSSR count). The minimum absolute atomic E-state index is 0.00109. The molecule has 6 heteroatoms. The molecule has 5 nitrogen and oxygen atoms in total. The first-order valence-electron chi connectivity index (χ1n) is 6.02. The summed E-state index contributed by atoms with van der Waals surface area (Å²) in [5.74, 6) is 0.591. The molecule has 3 heterocycles. The van der Waals surface area contributed by atoms with Crippen LogP contribution in [0.4, 0.5) is 11.5 Å². The van der Waals surface area contributed by atoms with Crippen molar-refractivity contribution in [3.8, 4) is 0 Å². The van der Waals surface area contributed by atoms with E-state index in [1.54, 1.807) is 12.1 Å². The Labute approximate surface area is 110 Å². The normalized spacial score (nSPS) is 26.3. The molecule has 0 aliphatic carbocycles. The lowest BCUT2D eigenvalue weighted by atomic mass is 10.0. The lowest BCUT2D eigenvalue weighted by Crippen LogP contribution is -2.42. The fraction of sp³-hybridized carbons (Fsp3) is 0.500. The molecule has 1 fully saturated rings. The number of hydrogen-bond donors (Lipinski definition) is 1. The van der Waals surface area contributed by atoms with Crippen molar-refractivity contribution in [2.75, 3.05) is 30.0 Å². The van der Waals surface area contributed by atoms with Gasteiger partial charge in [0.2, 0.25) is 5.91 Å². The summed E-state index contributed by atoms with van der Waals surface area (Å²) in [6, 6.07) is 3.53. The molecule has 0 aromatic carbocycles. The molecule has 2 unspecified atom stereocenters. The van der Waals surface area contributed by atoms with Gasteiger partial charge in [0.1, 0.15) is 5.15 Å². The van der Waals surface area contributed by atoms with Crippen molar-refractivity contribution in [2.24, 2.45) is 5.92 Å². The molecule has 0 spiro atoms. The predicted molar refractivity (Wildman–Crippen MR) is 69.0 cm³/mol. The first kappa shape index (κ1) is 11.7. The maximum absolute atomic E-state index is 12.1. The van der Waals surface area contributed by atoms with Crippen molar-refractivity contribution < 1.29 is 9.53 Å². The fourth-order valence-corrected chi connectivity index (χ4v) is 2.75. The van der Waals surface area contributed by atoms with Gasteiger partial charge in [-0.25, -0.2) is 4.98 Å². The van der Waals surface area contributed by atoms with Crippen LogP contribution in [0.3, 0.4) is 0 Å². The molecular weight excluding hydrogens is 254 g/mol. The number of nitrogens with one attached hydrogen (secondary N) is 1. The van der Waals surface area contributed by atoms with Crippen molar-refractivity contribution in [3.63, 3.8) is 0 Å². The summed E-state index contributed by atoms with van der Waals surface area (Å²) in [6.07, 6.45) is 0. The van der Waals surface area contributed by atoms with E-state index in [0.717, 1.165) is 18.1 Å². The van der Waals surface area contributed by atoms with Gasteiger partial charge >= 0.3 is 0 Å². The Kier molecular flexibility index (Phi) is 2.87. The second kappa shape index (κ2) is 4.40. The highest BCUT2D eigenvalue weighted by Gasteiger charge is 2.41. The number of halogens is 1.